The number of hydrogen-bond donors (Lipinski definition) is 0. The van der Waals surface area contributed by atoms with E-state index >= 15 is 0 Å². The molecule has 0 bridgehead atoms. The van der Waals surface area contributed by atoms with Crippen LogP contribution in [0.1, 0.15) is 75.3 Å². The molecule has 3 atom stereocenters. The third-order valence-corrected chi connectivity index (χ3v) is 11.7. The van der Waals surface area contributed by atoms with E-state index in [2.05, 4.69) is 128 Å². The Kier molecular flexibility index (Phi) is 11.9. The molecular formula is C37H43FeP. The van der Waals surface area contributed by atoms with Crippen LogP contribution in [0.5, 0.6) is 0 Å². The van der Waals surface area contributed by atoms with Crippen molar-refractivity contribution in [2.45, 2.75) is 69.9 Å². The third-order valence-electron chi connectivity index (χ3n) is 8.70. The molecule has 2 fully saturated rings. The van der Waals surface area contributed by atoms with Crippen molar-refractivity contribution in [2.24, 2.45) is 11.8 Å². The summed E-state index contributed by atoms with van der Waals surface area (Å²) in [6, 6.07) is 45.0. The minimum Gasteiger partial charge on any atom is -0.0622 e. The first-order chi connectivity index (χ1) is 18.8. The second-order valence-electron chi connectivity index (χ2n) is 11.1. The molecule has 4 aromatic carbocycles. The van der Waals surface area contributed by atoms with Gasteiger partial charge < -0.3 is 0 Å². The maximum absolute atomic E-state index is 2.52. The van der Waals surface area contributed by atoms with Crippen molar-refractivity contribution in [3.05, 3.63) is 132 Å². The molecule has 2 aliphatic carbocycles. The molecule has 0 aromatic heterocycles. The van der Waals surface area contributed by atoms with E-state index in [1.54, 1.807) is 0 Å². The van der Waals surface area contributed by atoms with Gasteiger partial charge in [-0.3, -0.25) is 0 Å². The Morgan fingerprint density at radius 2 is 0.897 bits per heavy atom. The summed E-state index contributed by atoms with van der Waals surface area (Å²) in [5.74, 6) is 1.73. The van der Waals surface area contributed by atoms with Crippen LogP contribution in [0.2, 0.25) is 0 Å². The fourth-order valence-electron chi connectivity index (χ4n) is 6.86. The van der Waals surface area contributed by atoms with Gasteiger partial charge in [0.05, 0.1) is 0 Å². The molecule has 4 aromatic rings. The van der Waals surface area contributed by atoms with Gasteiger partial charge in [0.1, 0.15) is 0 Å². The first-order valence-electron chi connectivity index (χ1n) is 14.8. The van der Waals surface area contributed by atoms with Crippen LogP contribution in [0, 0.1) is 11.8 Å². The number of rotatable bonds is 7. The summed E-state index contributed by atoms with van der Waals surface area (Å²) in [6.07, 6.45) is 11.5. The van der Waals surface area contributed by atoms with E-state index in [1.165, 1.54) is 73.1 Å². The van der Waals surface area contributed by atoms with Crippen LogP contribution in [0.25, 0.3) is 0 Å². The van der Waals surface area contributed by atoms with Crippen LogP contribution in [0.15, 0.2) is 121 Å². The maximum atomic E-state index is 2.52. The largest absolute Gasteiger partial charge is 0.0622 e. The molecule has 0 radical (unpaired) electrons. The molecule has 2 saturated carbocycles. The van der Waals surface area contributed by atoms with Crippen LogP contribution in [-0.4, -0.2) is 5.66 Å². The Morgan fingerprint density at radius 1 is 0.513 bits per heavy atom. The van der Waals surface area contributed by atoms with Gasteiger partial charge >= 0.3 is 0 Å². The molecule has 204 valence electrons. The van der Waals surface area contributed by atoms with Crippen LogP contribution in [0.4, 0.5) is 0 Å². The van der Waals surface area contributed by atoms with E-state index in [0.29, 0.717) is 17.8 Å². The van der Waals surface area contributed by atoms with Crippen molar-refractivity contribution in [3.63, 3.8) is 0 Å². The second kappa shape index (κ2) is 15.6. The zero-order valence-electron chi connectivity index (χ0n) is 23.3. The number of hydrogen-bond acceptors (Lipinski definition) is 0. The van der Waals surface area contributed by atoms with Crippen LogP contribution >= 0.6 is 7.92 Å². The quantitative estimate of drug-likeness (QED) is 0.152. The summed E-state index contributed by atoms with van der Waals surface area (Å²) in [5.41, 5.74) is 3.62. The minimum absolute atomic E-state index is 0. The first-order valence-corrected chi connectivity index (χ1v) is 16.2. The van der Waals surface area contributed by atoms with Crippen molar-refractivity contribution in [1.29, 1.82) is 0 Å². The molecule has 2 unspecified atom stereocenters. The standard InChI is InChI=1S/C32H33P.C5H10.Fe/c1-25(32(26-15-6-2-7-16-26)27-17-8-3-9-18-27)30-23-14-24-31(30)33(28-19-10-4-11-20-28)29-21-12-5-13-22-29;1-2-4-5-3-1;/h2-13,15-22,25,30-32H,14,23-24H2,1H3;1-5H2;/t25-,30?,31?;;/m1../s1. The van der Waals surface area contributed by atoms with Crippen molar-refractivity contribution < 1.29 is 17.1 Å². The smallest absolute Gasteiger partial charge is 0.0118 e. The van der Waals surface area contributed by atoms with Gasteiger partial charge in [-0.1, -0.05) is 167 Å². The topological polar surface area (TPSA) is 0 Å². The van der Waals surface area contributed by atoms with E-state index < -0.39 is 0 Å². The van der Waals surface area contributed by atoms with Gasteiger partial charge in [0, 0.05) is 23.0 Å². The third kappa shape index (κ3) is 7.73. The molecule has 0 N–H and O–H groups in total. The van der Waals surface area contributed by atoms with Gasteiger partial charge in [-0.2, -0.15) is 0 Å². The fraction of sp³-hybridized carbons (Fsp3) is 0.351. The Labute approximate surface area is 248 Å². The Bertz CT molecular complexity index is 1100. The Balaban J connectivity index is 0.000000530. The zero-order chi connectivity index (χ0) is 26.0. The molecular weight excluding hydrogens is 531 g/mol. The van der Waals surface area contributed by atoms with Gasteiger partial charge in [-0.15, -0.1) is 0 Å². The molecule has 0 heterocycles. The second-order valence-corrected chi connectivity index (χ2v) is 13.6. The minimum atomic E-state index is -0.386. The maximum Gasteiger partial charge on any atom is 0.0118 e. The molecule has 2 aliphatic rings. The number of benzene rings is 4. The van der Waals surface area contributed by atoms with Gasteiger partial charge in [-0.25, -0.2) is 0 Å². The van der Waals surface area contributed by atoms with E-state index in [1.807, 2.05) is 0 Å². The van der Waals surface area contributed by atoms with Gasteiger partial charge in [0.15, 0.2) is 0 Å². The molecule has 2 heteroatoms. The van der Waals surface area contributed by atoms with Crippen LogP contribution < -0.4 is 10.6 Å². The van der Waals surface area contributed by atoms with E-state index in [-0.39, 0.29) is 25.0 Å². The molecule has 0 aliphatic heterocycles. The molecule has 0 spiro atoms. The molecule has 39 heavy (non-hydrogen) atoms. The molecule has 0 amide bonds. The Morgan fingerprint density at radius 3 is 1.31 bits per heavy atom. The summed E-state index contributed by atoms with van der Waals surface area (Å²) in [6.45, 7) is 2.52. The monoisotopic (exact) mass is 574 g/mol. The predicted octanol–water partition coefficient (Wildman–Crippen LogP) is 9.70. The first kappa shape index (κ1) is 29.8. The fourth-order valence-corrected chi connectivity index (χ4v) is 10.2. The summed E-state index contributed by atoms with van der Waals surface area (Å²) in [7, 11) is -0.386. The SMILES string of the molecule is C1CCCC1.C[C@@H](C(c1ccccc1)c1ccccc1)C1CCCC1P(c1ccccc1)c1ccccc1.[Fe]. The summed E-state index contributed by atoms with van der Waals surface area (Å²) < 4.78 is 0. The molecule has 6 rings (SSSR count). The Hall–Kier alpha value is -2.17. The zero-order valence-corrected chi connectivity index (χ0v) is 25.3. The van der Waals surface area contributed by atoms with E-state index in [0.717, 1.165) is 5.66 Å². The van der Waals surface area contributed by atoms with Crippen LogP contribution in [-0.2, 0) is 17.1 Å². The van der Waals surface area contributed by atoms with Gasteiger partial charge in [0.25, 0.3) is 0 Å². The van der Waals surface area contributed by atoms with E-state index in [4.69, 9.17) is 0 Å². The van der Waals surface area contributed by atoms with Crippen molar-refractivity contribution >= 4 is 18.5 Å². The van der Waals surface area contributed by atoms with Crippen molar-refractivity contribution in [2.75, 3.05) is 0 Å². The summed E-state index contributed by atoms with van der Waals surface area (Å²) >= 11 is 0. The average Bonchev–Trinajstić information content (AvgIpc) is 3.72. The van der Waals surface area contributed by atoms with E-state index in [9.17, 15) is 0 Å². The summed E-state index contributed by atoms with van der Waals surface area (Å²) in [5, 5.41) is 3.05. The van der Waals surface area contributed by atoms with Gasteiger partial charge in [0.2, 0.25) is 0 Å². The molecule has 0 saturated heterocycles. The van der Waals surface area contributed by atoms with Crippen molar-refractivity contribution in [1.82, 2.24) is 0 Å². The average molecular weight is 575 g/mol. The predicted molar refractivity (Wildman–Crippen MR) is 167 cm³/mol. The van der Waals surface area contributed by atoms with Crippen LogP contribution in [0.3, 0.4) is 0 Å². The van der Waals surface area contributed by atoms with Crippen molar-refractivity contribution in [3.8, 4) is 0 Å². The van der Waals surface area contributed by atoms with Gasteiger partial charge in [-0.05, 0) is 60.0 Å². The molecule has 0 nitrogen and oxygen atoms in total. The normalized spacial score (nSPS) is 19.3. The summed E-state index contributed by atoms with van der Waals surface area (Å²) in [4.78, 5) is 0.